The Morgan fingerprint density at radius 2 is 2.35 bits per heavy atom. The number of nitrogens with one attached hydrogen (secondary N) is 1. The number of alkyl halides is 1. The van der Waals surface area contributed by atoms with Crippen molar-refractivity contribution in [3.63, 3.8) is 0 Å². The molecule has 3 heterocycles. The molecule has 1 amide bonds. The summed E-state index contributed by atoms with van der Waals surface area (Å²) >= 11 is 0. The van der Waals surface area contributed by atoms with Crippen LogP contribution in [-0.4, -0.2) is 51.5 Å². The lowest BCUT2D eigenvalue weighted by Gasteiger charge is -2.23. The first-order valence-corrected chi connectivity index (χ1v) is 7.46. The van der Waals surface area contributed by atoms with Gasteiger partial charge in [0.05, 0.1) is 24.2 Å². The normalized spacial score (nSPS) is 21.5. The van der Waals surface area contributed by atoms with E-state index in [2.05, 4.69) is 20.7 Å². The smallest absolute Gasteiger partial charge is 0.253 e. The molecule has 0 aliphatic carbocycles. The zero-order chi connectivity index (χ0) is 16.2. The predicted molar refractivity (Wildman–Crippen MR) is 79.3 cm³/mol. The molecule has 1 saturated heterocycles. The number of rotatable bonds is 5. The van der Waals surface area contributed by atoms with E-state index in [1.54, 1.807) is 12.3 Å². The molecule has 2 aromatic rings. The van der Waals surface area contributed by atoms with Gasteiger partial charge in [-0.1, -0.05) is 5.16 Å². The number of carbonyl (C=O) groups excluding carboxylic acids is 1. The first-order valence-electron chi connectivity index (χ1n) is 7.46. The topological polar surface area (TPSA) is 84.2 Å². The van der Waals surface area contributed by atoms with Crippen LogP contribution >= 0.6 is 0 Å². The van der Waals surface area contributed by atoms with E-state index < -0.39 is 6.17 Å². The summed E-state index contributed by atoms with van der Waals surface area (Å²) in [6.45, 7) is 3.12. The molecule has 0 saturated carbocycles. The van der Waals surface area contributed by atoms with Crippen molar-refractivity contribution in [2.75, 3.05) is 13.1 Å². The van der Waals surface area contributed by atoms with Crippen molar-refractivity contribution in [2.24, 2.45) is 0 Å². The average molecular weight is 319 g/mol. The zero-order valence-corrected chi connectivity index (χ0v) is 12.8. The minimum atomic E-state index is -0.889. The fraction of sp³-hybridized carbons (Fsp3) is 0.467. The van der Waals surface area contributed by atoms with Crippen molar-refractivity contribution in [2.45, 2.75) is 32.1 Å². The van der Waals surface area contributed by atoms with Gasteiger partial charge in [0, 0.05) is 31.2 Å². The van der Waals surface area contributed by atoms with Crippen LogP contribution in [0, 0.1) is 6.92 Å². The molecular weight excluding hydrogens is 301 g/mol. The second-order valence-corrected chi connectivity index (χ2v) is 5.66. The van der Waals surface area contributed by atoms with Crippen LogP contribution in [0.1, 0.15) is 28.1 Å². The monoisotopic (exact) mass is 319 g/mol. The largest absolute Gasteiger partial charge is 0.361 e. The molecule has 2 atom stereocenters. The Morgan fingerprint density at radius 3 is 3.04 bits per heavy atom. The standard InChI is InChI=1S/C15H18FN5O2/c1-10-12(6-20-23-10)8-21-9-13(16)4-14(21)7-17-15(22)11-2-3-18-19-5-11/h2-3,5-6,13-14H,4,7-9H2,1H3,(H,17,22)/t13-,14-/m0/s1. The summed E-state index contributed by atoms with van der Waals surface area (Å²) in [5.41, 5.74) is 1.38. The molecule has 1 fully saturated rings. The summed E-state index contributed by atoms with van der Waals surface area (Å²) in [4.78, 5) is 14.1. The number of halogens is 1. The van der Waals surface area contributed by atoms with Crippen molar-refractivity contribution in [3.8, 4) is 0 Å². The number of likely N-dealkylation sites (tertiary alicyclic amines) is 1. The van der Waals surface area contributed by atoms with Crippen LogP contribution in [0.15, 0.2) is 29.2 Å². The van der Waals surface area contributed by atoms with Crippen molar-refractivity contribution < 1.29 is 13.7 Å². The van der Waals surface area contributed by atoms with E-state index >= 15 is 0 Å². The molecule has 0 spiro atoms. The Balaban J connectivity index is 1.59. The Hall–Kier alpha value is -2.35. The highest BCUT2D eigenvalue weighted by Gasteiger charge is 2.32. The molecule has 1 aliphatic rings. The molecule has 1 aliphatic heterocycles. The van der Waals surface area contributed by atoms with Gasteiger partial charge in [-0.2, -0.15) is 10.2 Å². The lowest BCUT2D eigenvalue weighted by Crippen LogP contribution is -2.39. The summed E-state index contributed by atoms with van der Waals surface area (Å²) in [6, 6.07) is 1.53. The molecule has 0 bridgehead atoms. The third kappa shape index (κ3) is 3.70. The van der Waals surface area contributed by atoms with Gasteiger partial charge in [-0.25, -0.2) is 4.39 Å². The lowest BCUT2D eigenvalue weighted by atomic mass is 10.2. The van der Waals surface area contributed by atoms with E-state index in [1.807, 2.05) is 11.8 Å². The van der Waals surface area contributed by atoms with Crippen molar-refractivity contribution >= 4 is 5.91 Å². The minimum absolute atomic E-state index is 0.0574. The summed E-state index contributed by atoms with van der Waals surface area (Å²) < 4.78 is 18.8. The molecular formula is C15H18FN5O2. The number of aryl methyl sites for hydroxylation is 1. The highest BCUT2D eigenvalue weighted by Crippen LogP contribution is 2.23. The van der Waals surface area contributed by atoms with Crippen LogP contribution < -0.4 is 5.32 Å². The average Bonchev–Trinajstić information content (AvgIpc) is 3.12. The van der Waals surface area contributed by atoms with Gasteiger partial charge in [0.25, 0.3) is 5.91 Å². The van der Waals surface area contributed by atoms with Gasteiger partial charge in [0.1, 0.15) is 11.9 Å². The number of aromatic nitrogens is 3. The highest BCUT2D eigenvalue weighted by atomic mass is 19.1. The maximum Gasteiger partial charge on any atom is 0.253 e. The lowest BCUT2D eigenvalue weighted by molar-refractivity contribution is 0.0939. The molecule has 2 aromatic heterocycles. The van der Waals surface area contributed by atoms with Gasteiger partial charge in [-0.05, 0) is 19.4 Å². The van der Waals surface area contributed by atoms with E-state index in [-0.39, 0.29) is 11.9 Å². The van der Waals surface area contributed by atoms with E-state index in [4.69, 9.17) is 4.52 Å². The third-order valence-electron chi connectivity index (χ3n) is 4.05. The Morgan fingerprint density at radius 1 is 1.48 bits per heavy atom. The van der Waals surface area contributed by atoms with Gasteiger partial charge in [0.2, 0.25) is 0 Å². The van der Waals surface area contributed by atoms with E-state index in [1.165, 1.54) is 12.4 Å². The predicted octanol–water partition coefficient (Wildman–Crippen LogP) is 1.12. The fourth-order valence-corrected chi connectivity index (χ4v) is 2.76. The number of amides is 1. The zero-order valence-electron chi connectivity index (χ0n) is 12.8. The maximum absolute atomic E-state index is 13.8. The molecule has 1 N–H and O–H groups in total. The molecule has 8 heteroatoms. The first kappa shape index (κ1) is 15.5. The molecule has 0 aromatic carbocycles. The number of hydrogen-bond acceptors (Lipinski definition) is 6. The van der Waals surface area contributed by atoms with Crippen molar-refractivity contribution in [1.29, 1.82) is 0 Å². The third-order valence-corrected chi connectivity index (χ3v) is 4.05. The van der Waals surface area contributed by atoms with E-state index in [0.29, 0.717) is 31.6 Å². The van der Waals surface area contributed by atoms with Crippen molar-refractivity contribution in [1.82, 2.24) is 25.6 Å². The number of hydrogen-bond donors (Lipinski definition) is 1. The van der Waals surface area contributed by atoms with Gasteiger partial charge >= 0.3 is 0 Å². The molecule has 3 rings (SSSR count). The first-order chi connectivity index (χ1) is 11.1. The molecule has 23 heavy (non-hydrogen) atoms. The minimum Gasteiger partial charge on any atom is -0.361 e. The van der Waals surface area contributed by atoms with E-state index in [0.717, 1.165) is 11.3 Å². The summed E-state index contributed by atoms with van der Waals surface area (Å²) in [6.07, 6.45) is 4.03. The molecule has 122 valence electrons. The van der Waals surface area contributed by atoms with Crippen LogP contribution in [0.4, 0.5) is 4.39 Å². The summed E-state index contributed by atoms with van der Waals surface area (Å²) in [7, 11) is 0. The molecule has 0 unspecified atom stereocenters. The maximum atomic E-state index is 13.8. The second kappa shape index (κ2) is 6.82. The van der Waals surface area contributed by atoms with Gasteiger partial charge in [-0.3, -0.25) is 9.69 Å². The van der Waals surface area contributed by atoms with Crippen LogP contribution in [0.3, 0.4) is 0 Å². The van der Waals surface area contributed by atoms with Gasteiger partial charge in [-0.15, -0.1) is 0 Å². The Bertz CT molecular complexity index is 663. The summed E-state index contributed by atoms with van der Waals surface area (Å²) in [5, 5.41) is 13.9. The quantitative estimate of drug-likeness (QED) is 0.889. The fourth-order valence-electron chi connectivity index (χ4n) is 2.76. The Labute approximate surface area is 132 Å². The van der Waals surface area contributed by atoms with E-state index in [9.17, 15) is 9.18 Å². The molecule has 7 nitrogen and oxygen atoms in total. The van der Waals surface area contributed by atoms with Crippen LogP contribution in [0.5, 0.6) is 0 Å². The van der Waals surface area contributed by atoms with Crippen LogP contribution in [0.25, 0.3) is 0 Å². The SMILES string of the molecule is Cc1oncc1CN1C[C@@H](F)C[C@H]1CNC(=O)c1ccnnc1. The molecule has 0 radical (unpaired) electrons. The van der Waals surface area contributed by atoms with Gasteiger partial charge < -0.3 is 9.84 Å². The Kier molecular flexibility index (Phi) is 4.61. The highest BCUT2D eigenvalue weighted by molar-refractivity contribution is 5.93. The second-order valence-electron chi connectivity index (χ2n) is 5.66. The van der Waals surface area contributed by atoms with Gasteiger partial charge in [0.15, 0.2) is 0 Å². The number of carbonyl (C=O) groups is 1. The number of nitrogens with zero attached hydrogens (tertiary/aromatic N) is 4. The van der Waals surface area contributed by atoms with Crippen LogP contribution in [-0.2, 0) is 6.54 Å². The van der Waals surface area contributed by atoms with Crippen molar-refractivity contribution in [3.05, 3.63) is 41.5 Å². The summed E-state index contributed by atoms with van der Waals surface area (Å²) in [5.74, 6) is 0.501. The van der Waals surface area contributed by atoms with Crippen LogP contribution in [0.2, 0.25) is 0 Å².